The van der Waals surface area contributed by atoms with Gasteiger partial charge in [-0.1, -0.05) is 48.5 Å². The number of aldehydes is 1. The number of ether oxygens (including phenoxy) is 8. The topological polar surface area (TPSA) is 306 Å². The highest BCUT2D eigenvalue weighted by Gasteiger charge is 2.37. The first-order chi connectivity index (χ1) is 68.5. The minimum atomic E-state index is -0.407. The van der Waals surface area contributed by atoms with E-state index in [4.69, 9.17) is 55.6 Å². The number of benzene rings is 4. The maximum atomic E-state index is 14.2. The fourth-order valence-electron chi connectivity index (χ4n) is 22.1. The third kappa shape index (κ3) is 25.9. The second-order valence-corrected chi connectivity index (χ2v) is 40.2. The number of aryl methyl sites for hydroxylation is 1. The Hall–Kier alpha value is -10.4. The fraction of sp³-hybridized carbons (Fsp3) is 0.613. The summed E-state index contributed by atoms with van der Waals surface area (Å²) < 4.78 is 68.4. The molecular formula is C111H160N12O19. The first-order valence-corrected chi connectivity index (χ1v) is 52.4. The number of hydrogen-bond acceptors (Lipinski definition) is 28. The molecule has 7 saturated heterocycles. The molecule has 31 heteroatoms. The molecule has 5 aromatic heterocycles. The number of esters is 3. The van der Waals surface area contributed by atoms with Crippen molar-refractivity contribution < 1.29 is 84.3 Å². The minimum absolute atomic E-state index is 0.00580. The molecule has 0 atom stereocenters. The van der Waals surface area contributed by atoms with Crippen LogP contribution in [0.3, 0.4) is 0 Å². The molecule has 142 heavy (non-hydrogen) atoms. The first-order valence-electron chi connectivity index (χ1n) is 52.4. The van der Waals surface area contributed by atoms with Gasteiger partial charge in [-0.3, -0.25) is 43.7 Å². The number of carbonyl (C=O) groups excluding carboxylic acids is 6. The maximum Gasteiger partial charge on any atom is 0.338 e. The summed E-state index contributed by atoms with van der Waals surface area (Å²) in [6.45, 7) is 56.9. The molecule has 31 nitrogen and oxygen atoms in total. The molecule has 2 amide bonds. The van der Waals surface area contributed by atoms with Gasteiger partial charge < -0.3 is 90.4 Å². The summed E-state index contributed by atoms with van der Waals surface area (Å²) in [4.78, 5) is 116. The number of nitrogens with zero attached hydrogens (tertiary/aromatic N) is 10. The fourth-order valence-corrected chi connectivity index (χ4v) is 22.1. The summed E-state index contributed by atoms with van der Waals surface area (Å²) in [6, 6.07) is 20.4. The van der Waals surface area contributed by atoms with Gasteiger partial charge in [0, 0.05) is 274 Å². The molecule has 0 radical (unpaired) electrons. The van der Waals surface area contributed by atoms with Crippen LogP contribution < -0.4 is 35.2 Å². The SMILES string of the molecule is CCc1c(N(CC)C2CCOCC2)cc2oc(C=O)cc2c1C(=O)OC.CCc1c(N(CC)C2CCOCC2)cc2oc(CN3CCN(C(=O)CC(C)(C)C)CC3)cc2c1C(=O)OC.CCc1c(N(CC)C2CCOCC2)cc2oc(CN3CCN(C(C)C)CC3)cc2c1C(=O)NCc1c(OC)cc(C)[nH]c1=O.CCc1c(N(CC)C2CCOCC2)cc2oc(CN3CCN(C(C)C)CC3)cc2c1C(=O)OC. The van der Waals surface area contributed by atoms with E-state index >= 15 is 0 Å². The number of furan rings is 4. The van der Waals surface area contributed by atoms with Crippen LogP contribution >= 0.6 is 0 Å². The molecule has 7 fully saturated rings. The Kier molecular flexibility index (Phi) is 39.1. The predicted molar refractivity (Wildman–Crippen MR) is 559 cm³/mol. The summed E-state index contributed by atoms with van der Waals surface area (Å²) in [5, 5.41) is 6.17. The van der Waals surface area contributed by atoms with Gasteiger partial charge >= 0.3 is 17.9 Å². The second kappa shape index (κ2) is 50.9. The molecule has 778 valence electrons. The number of fused-ring (bicyclic) bond motifs is 4. The van der Waals surface area contributed by atoms with Crippen LogP contribution in [0.4, 0.5) is 22.7 Å². The quantitative estimate of drug-likeness (QED) is 0.0219. The number of methoxy groups -OCH3 is 4. The normalized spacial score (nSPS) is 17.2. The molecule has 0 unspecified atom stereocenters. The Morgan fingerprint density at radius 2 is 0.739 bits per heavy atom. The number of piperazine rings is 3. The second-order valence-electron chi connectivity index (χ2n) is 40.2. The minimum Gasteiger partial charge on any atom is -0.496 e. The first kappa shape index (κ1) is 109. The van der Waals surface area contributed by atoms with Gasteiger partial charge in [0.1, 0.15) is 45.4 Å². The maximum absolute atomic E-state index is 14.2. The highest BCUT2D eigenvalue weighted by Crippen LogP contribution is 2.44. The van der Waals surface area contributed by atoms with Crippen LogP contribution in [0.5, 0.6) is 5.75 Å². The van der Waals surface area contributed by atoms with Gasteiger partial charge in [-0.15, -0.1) is 0 Å². The van der Waals surface area contributed by atoms with E-state index in [1.54, 1.807) is 19.1 Å². The molecule has 0 saturated carbocycles. The van der Waals surface area contributed by atoms with Crippen molar-refractivity contribution >= 4 is 103 Å². The van der Waals surface area contributed by atoms with E-state index in [9.17, 15) is 33.6 Å². The average Bonchev–Trinajstić information content (AvgIpc) is 1.58. The van der Waals surface area contributed by atoms with Crippen molar-refractivity contribution in [2.45, 2.75) is 257 Å². The summed E-state index contributed by atoms with van der Waals surface area (Å²) in [5.74, 6) is 2.25. The van der Waals surface area contributed by atoms with Crippen LogP contribution in [0.2, 0.25) is 0 Å². The zero-order valence-corrected chi connectivity index (χ0v) is 88.5. The van der Waals surface area contributed by atoms with Gasteiger partial charge in [0.2, 0.25) is 5.91 Å². The summed E-state index contributed by atoms with van der Waals surface area (Å²) in [7, 11) is 5.81. The van der Waals surface area contributed by atoms with Crippen molar-refractivity contribution in [3.8, 4) is 5.75 Å². The molecule has 12 heterocycles. The molecule has 0 aliphatic carbocycles. The Labute approximate surface area is 839 Å². The number of aromatic nitrogens is 1. The highest BCUT2D eigenvalue weighted by atomic mass is 16.5. The lowest BCUT2D eigenvalue weighted by atomic mass is 9.91. The average molecular weight is 1970 g/mol. The van der Waals surface area contributed by atoms with Crippen LogP contribution in [0.1, 0.15) is 264 Å². The van der Waals surface area contributed by atoms with Crippen LogP contribution in [0.15, 0.2) is 77.1 Å². The zero-order valence-electron chi connectivity index (χ0n) is 88.5. The predicted octanol–water partition coefficient (Wildman–Crippen LogP) is 17.2. The molecule has 0 spiro atoms. The smallest absolute Gasteiger partial charge is 0.338 e. The van der Waals surface area contributed by atoms with E-state index in [2.05, 4.69) is 176 Å². The number of rotatable bonds is 33. The van der Waals surface area contributed by atoms with Gasteiger partial charge in [-0.25, -0.2) is 14.4 Å². The van der Waals surface area contributed by atoms with E-state index in [1.165, 1.54) is 28.4 Å². The van der Waals surface area contributed by atoms with Gasteiger partial charge in [-0.2, -0.15) is 0 Å². The number of aromatic amines is 1. The van der Waals surface area contributed by atoms with Crippen molar-refractivity contribution in [1.29, 1.82) is 0 Å². The molecule has 9 aromatic rings. The van der Waals surface area contributed by atoms with Crippen molar-refractivity contribution in [3.05, 3.63) is 144 Å². The summed E-state index contributed by atoms with van der Waals surface area (Å²) >= 11 is 0. The number of pyridine rings is 1. The Morgan fingerprint density at radius 1 is 0.430 bits per heavy atom. The molecular weight excluding hydrogens is 1810 g/mol. The number of anilines is 4. The molecule has 4 aromatic carbocycles. The molecule has 2 N–H and O–H groups in total. The lowest BCUT2D eigenvalue weighted by Crippen LogP contribution is -2.48. The molecule has 16 rings (SSSR count). The number of hydrogen-bond donors (Lipinski definition) is 2. The van der Waals surface area contributed by atoms with E-state index in [0.717, 1.165) is 324 Å². The van der Waals surface area contributed by atoms with Crippen molar-refractivity contribution in [2.75, 3.05) is 206 Å². The van der Waals surface area contributed by atoms with Gasteiger partial charge in [0.15, 0.2) is 12.0 Å². The van der Waals surface area contributed by atoms with Crippen molar-refractivity contribution in [3.63, 3.8) is 0 Å². The Morgan fingerprint density at radius 3 is 1.04 bits per heavy atom. The lowest BCUT2D eigenvalue weighted by Gasteiger charge is -2.37. The highest BCUT2D eigenvalue weighted by molar-refractivity contribution is 6.11. The van der Waals surface area contributed by atoms with Crippen LogP contribution in [0.25, 0.3) is 43.9 Å². The Bertz CT molecular complexity index is 5770. The van der Waals surface area contributed by atoms with Crippen molar-refractivity contribution in [1.82, 2.24) is 39.7 Å². The van der Waals surface area contributed by atoms with Crippen LogP contribution in [-0.4, -0.2) is 293 Å². The van der Waals surface area contributed by atoms with Gasteiger partial charge in [-0.05, 0) is 197 Å². The standard InChI is InChI=1S/C34H49N5O5.C30H45N3O5.C27H41N3O4.C20H25NO5/c1-7-26-29(39(8-2)24-9-15-43-16-10-24)19-31-27(18-25(44-31)21-37-11-13-38(14-12-37)22(3)4)32(26)34(41)35-20-28-30(42-6)17-23(5)36-33(28)40;1-7-23-25(33(8-2)21-9-15-37-16-10-21)18-26-24(28(23)29(35)36-6)17-22(38-26)20-31-11-13-32(14-12-31)27(34)19-30(3,4)5;1-6-22-24(30(7-2)20-8-14-33-15-9-20)17-25-23(26(22)27(31)32-5)16-21(34-25)18-28-10-12-29(13-11-28)19(3)4;1-4-15-17(21(5-2)13-6-8-25-9-7-13)11-18-16(10-14(12-22)26-18)19(15)20(23)24-3/h17-19,22,24H,7-16,20-21H2,1-6H3,(H,35,41)(H,36,40);17-18,21H,7-16,19-20H2,1-6H3;16-17,19-20H,6-15,18H2,1-5H3;10-13H,4-9H2,1-3H3. The van der Waals surface area contributed by atoms with Gasteiger partial charge in [0.25, 0.3) is 11.5 Å². The molecule has 7 aliphatic rings. The third-order valence-electron chi connectivity index (χ3n) is 29.6. The van der Waals surface area contributed by atoms with Gasteiger partial charge in [0.05, 0.1) is 82.4 Å². The number of amides is 2. The summed E-state index contributed by atoms with van der Waals surface area (Å²) in [6.07, 6.45) is 11.8. The largest absolute Gasteiger partial charge is 0.496 e. The summed E-state index contributed by atoms with van der Waals surface area (Å²) in [5.41, 5.74) is 14.1. The van der Waals surface area contributed by atoms with E-state index in [-0.39, 0.29) is 47.0 Å². The monoisotopic (exact) mass is 1970 g/mol. The Balaban J connectivity index is 0.000000161. The lowest BCUT2D eigenvalue weighted by molar-refractivity contribution is -0.135. The van der Waals surface area contributed by atoms with Crippen molar-refractivity contribution in [2.24, 2.45) is 5.41 Å². The molecule has 0 bridgehead atoms. The zero-order chi connectivity index (χ0) is 102. The number of nitrogens with one attached hydrogen (secondary N) is 2. The third-order valence-corrected chi connectivity index (χ3v) is 29.6. The number of carbonyl (C=O) groups is 6. The molecule has 7 aliphatic heterocycles. The van der Waals surface area contributed by atoms with E-state index in [1.807, 2.05) is 30.0 Å². The van der Waals surface area contributed by atoms with E-state index in [0.29, 0.717) is 125 Å². The van der Waals surface area contributed by atoms with E-state index < -0.39 is 5.97 Å². The number of H-pyrrole nitrogens is 1. The van der Waals surface area contributed by atoms with Crippen LogP contribution in [-0.2, 0) is 89.8 Å². The van der Waals surface area contributed by atoms with Crippen LogP contribution in [0, 0.1) is 12.3 Å².